The first-order valence-electron chi connectivity index (χ1n) is 7.45. The summed E-state index contributed by atoms with van der Waals surface area (Å²) >= 11 is 0. The Labute approximate surface area is 146 Å². The van der Waals surface area contributed by atoms with Crippen molar-refractivity contribution in [3.8, 4) is 17.1 Å². The Kier molecular flexibility index (Phi) is 4.83. The third kappa shape index (κ3) is 4.35. The molecular formula is C18H12F3N3O2. The SMILES string of the molecule is O=C(Nc1cccc(C(F)(F)F)c1)Oc1cnc(-c2ccccc2)nc1. The van der Waals surface area contributed by atoms with Gasteiger partial charge in [-0.2, -0.15) is 13.2 Å². The molecule has 0 unspecified atom stereocenters. The van der Waals surface area contributed by atoms with Crippen molar-refractivity contribution in [1.82, 2.24) is 9.97 Å². The second kappa shape index (κ2) is 7.22. The van der Waals surface area contributed by atoms with Gasteiger partial charge < -0.3 is 4.74 Å². The largest absolute Gasteiger partial charge is 0.417 e. The second-order valence-electron chi connectivity index (χ2n) is 5.20. The van der Waals surface area contributed by atoms with E-state index < -0.39 is 17.8 Å². The van der Waals surface area contributed by atoms with E-state index in [0.29, 0.717) is 5.82 Å². The van der Waals surface area contributed by atoms with Gasteiger partial charge in [0, 0.05) is 11.3 Å². The molecule has 0 aliphatic rings. The molecule has 3 aromatic rings. The molecule has 5 nitrogen and oxygen atoms in total. The van der Waals surface area contributed by atoms with E-state index in [-0.39, 0.29) is 11.4 Å². The highest BCUT2D eigenvalue weighted by atomic mass is 19.4. The van der Waals surface area contributed by atoms with Crippen LogP contribution in [0.3, 0.4) is 0 Å². The van der Waals surface area contributed by atoms with Gasteiger partial charge in [0.1, 0.15) is 0 Å². The van der Waals surface area contributed by atoms with Crippen LogP contribution < -0.4 is 10.1 Å². The van der Waals surface area contributed by atoms with Crippen LogP contribution in [0.5, 0.6) is 5.75 Å². The molecule has 0 atom stereocenters. The summed E-state index contributed by atoms with van der Waals surface area (Å²) in [5.74, 6) is 0.519. The lowest BCUT2D eigenvalue weighted by Gasteiger charge is -2.10. The zero-order valence-electron chi connectivity index (χ0n) is 13.2. The topological polar surface area (TPSA) is 64.1 Å². The number of rotatable bonds is 3. The standard InChI is InChI=1S/C18H12F3N3O2/c19-18(20,21)13-7-4-8-14(9-13)24-17(25)26-15-10-22-16(23-11-15)12-5-2-1-3-6-12/h1-11H,(H,24,25). The maximum absolute atomic E-state index is 12.7. The van der Waals surface area contributed by atoms with Crippen molar-refractivity contribution < 1.29 is 22.7 Å². The van der Waals surface area contributed by atoms with E-state index in [9.17, 15) is 18.0 Å². The van der Waals surface area contributed by atoms with Gasteiger partial charge in [-0.25, -0.2) is 14.8 Å². The van der Waals surface area contributed by atoms with Gasteiger partial charge in [-0.15, -0.1) is 0 Å². The molecule has 3 rings (SSSR count). The molecule has 26 heavy (non-hydrogen) atoms. The maximum Gasteiger partial charge on any atom is 0.417 e. The summed E-state index contributed by atoms with van der Waals surface area (Å²) in [4.78, 5) is 20.0. The molecule has 0 aliphatic carbocycles. The molecule has 0 fully saturated rings. The number of ether oxygens (including phenoxy) is 1. The molecule has 0 aliphatic heterocycles. The summed E-state index contributed by atoms with van der Waals surface area (Å²) in [7, 11) is 0. The van der Waals surface area contributed by atoms with Gasteiger partial charge in [0.05, 0.1) is 18.0 Å². The van der Waals surface area contributed by atoms with Crippen molar-refractivity contribution in [2.45, 2.75) is 6.18 Å². The maximum atomic E-state index is 12.7. The molecule has 2 aromatic carbocycles. The first-order valence-corrected chi connectivity index (χ1v) is 7.45. The van der Waals surface area contributed by atoms with E-state index in [1.165, 1.54) is 24.5 Å². The van der Waals surface area contributed by atoms with Crippen LogP contribution in [-0.2, 0) is 6.18 Å². The molecule has 1 aromatic heterocycles. The first kappa shape index (κ1) is 17.4. The van der Waals surface area contributed by atoms with Crippen LogP contribution in [0.1, 0.15) is 5.56 Å². The van der Waals surface area contributed by atoms with Crippen molar-refractivity contribution in [3.63, 3.8) is 0 Å². The van der Waals surface area contributed by atoms with Crippen LogP contribution in [0.4, 0.5) is 23.7 Å². The number of carbonyl (C=O) groups excluding carboxylic acids is 1. The van der Waals surface area contributed by atoms with Crippen LogP contribution in [0.15, 0.2) is 67.0 Å². The number of benzene rings is 2. The molecule has 132 valence electrons. The van der Waals surface area contributed by atoms with Gasteiger partial charge in [0.25, 0.3) is 0 Å². The van der Waals surface area contributed by atoms with Crippen LogP contribution in [0.25, 0.3) is 11.4 Å². The van der Waals surface area contributed by atoms with E-state index >= 15 is 0 Å². The molecular weight excluding hydrogens is 347 g/mol. The van der Waals surface area contributed by atoms with Crippen molar-refractivity contribution in [2.24, 2.45) is 0 Å². The van der Waals surface area contributed by atoms with Crippen LogP contribution >= 0.6 is 0 Å². The van der Waals surface area contributed by atoms with Gasteiger partial charge >= 0.3 is 12.3 Å². The number of nitrogens with zero attached hydrogens (tertiary/aromatic N) is 2. The van der Waals surface area contributed by atoms with Crippen molar-refractivity contribution in [2.75, 3.05) is 5.32 Å². The predicted molar refractivity (Wildman–Crippen MR) is 88.6 cm³/mol. The smallest absolute Gasteiger partial charge is 0.407 e. The average Bonchev–Trinajstić information content (AvgIpc) is 2.62. The zero-order valence-corrected chi connectivity index (χ0v) is 13.2. The van der Waals surface area contributed by atoms with Gasteiger partial charge in [-0.3, -0.25) is 5.32 Å². The first-order chi connectivity index (χ1) is 12.4. The normalized spacial score (nSPS) is 11.0. The lowest BCUT2D eigenvalue weighted by atomic mass is 10.2. The molecule has 0 spiro atoms. The number of hydrogen-bond acceptors (Lipinski definition) is 4. The Hall–Kier alpha value is -3.42. The van der Waals surface area contributed by atoms with E-state index in [1.54, 1.807) is 0 Å². The molecule has 0 saturated carbocycles. The third-order valence-electron chi connectivity index (χ3n) is 3.31. The van der Waals surface area contributed by atoms with Crippen LogP contribution in [0, 0.1) is 0 Å². The Bertz CT molecular complexity index is 898. The average molecular weight is 359 g/mol. The predicted octanol–water partition coefficient (Wildman–Crippen LogP) is 4.77. The highest BCUT2D eigenvalue weighted by Crippen LogP contribution is 2.30. The van der Waals surface area contributed by atoms with Crippen LogP contribution in [0.2, 0.25) is 0 Å². The minimum atomic E-state index is -4.50. The number of nitrogens with one attached hydrogen (secondary N) is 1. The number of halogens is 3. The Morgan fingerprint density at radius 2 is 1.65 bits per heavy atom. The minimum absolute atomic E-state index is 0.0355. The van der Waals surface area contributed by atoms with E-state index in [4.69, 9.17) is 4.74 Å². The number of hydrogen-bond donors (Lipinski definition) is 1. The summed E-state index contributed by atoms with van der Waals surface area (Å²) in [6.45, 7) is 0. The summed E-state index contributed by atoms with van der Waals surface area (Å²) in [6, 6.07) is 13.4. The van der Waals surface area contributed by atoms with E-state index in [0.717, 1.165) is 17.7 Å². The molecule has 1 heterocycles. The van der Waals surface area contributed by atoms with E-state index in [2.05, 4.69) is 15.3 Å². The molecule has 1 N–H and O–H groups in total. The summed E-state index contributed by atoms with van der Waals surface area (Å²) < 4.78 is 43.0. The fourth-order valence-electron chi connectivity index (χ4n) is 2.13. The molecule has 0 radical (unpaired) electrons. The van der Waals surface area contributed by atoms with Gasteiger partial charge in [-0.05, 0) is 18.2 Å². The summed E-state index contributed by atoms with van der Waals surface area (Å²) in [6.07, 6.45) is -2.83. The lowest BCUT2D eigenvalue weighted by molar-refractivity contribution is -0.137. The van der Waals surface area contributed by atoms with Gasteiger partial charge in [0.15, 0.2) is 11.6 Å². The highest BCUT2D eigenvalue weighted by Gasteiger charge is 2.30. The summed E-state index contributed by atoms with van der Waals surface area (Å²) in [5, 5.41) is 2.23. The number of anilines is 1. The molecule has 0 saturated heterocycles. The van der Waals surface area contributed by atoms with Crippen LogP contribution in [-0.4, -0.2) is 16.1 Å². The van der Waals surface area contributed by atoms with Crippen molar-refractivity contribution >= 4 is 11.8 Å². The Morgan fingerprint density at radius 1 is 0.962 bits per heavy atom. The van der Waals surface area contributed by atoms with Gasteiger partial charge in [-0.1, -0.05) is 36.4 Å². The molecule has 8 heteroatoms. The Balaban J connectivity index is 1.65. The highest BCUT2D eigenvalue weighted by molar-refractivity contribution is 5.86. The monoisotopic (exact) mass is 359 g/mol. The molecule has 1 amide bonds. The number of aromatic nitrogens is 2. The van der Waals surface area contributed by atoms with Crippen molar-refractivity contribution in [1.29, 1.82) is 0 Å². The fraction of sp³-hybridized carbons (Fsp3) is 0.0556. The molecule has 0 bridgehead atoms. The van der Waals surface area contributed by atoms with Gasteiger partial charge in [0.2, 0.25) is 0 Å². The second-order valence-corrected chi connectivity index (χ2v) is 5.20. The van der Waals surface area contributed by atoms with Crippen molar-refractivity contribution in [3.05, 3.63) is 72.6 Å². The Morgan fingerprint density at radius 3 is 2.31 bits per heavy atom. The quantitative estimate of drug-likeness (QED) is 0.731. The zero-order chi connectivity index (χ0) is 18.6. The number of carbonyl (C=O) groups is 1. The minimum Gasteiger partial charge on any atom is -0.407 e. The third-order valence-corrected chi connectivity index (χ3v) is 3.31. The number of amides is 1. The lowest BCUT2D eigenvalue weighted by Crippen LogP contribution is -2.17. The number of alkyl halides is 3. The fourth-order valence-corrected chi connectivity index (χ4v) is 2.13. The van der Waals surface area contributed by atoms with E-state index in [1.807, 2.05) is 30.3 Å². The summed E-state index contributed by atoms with van der Waals surface area (Å²) in [5.41, 5.74) is -0.107.